The van der Waals surface area contributed by atoms with Gasteiger partial charge in [-0.2, -0.15) is 0 Å². The summed E-state index contributed by atoms with van der Waals surface area (Å²) in [5.74, 6) is 0. The molecule has 156 valence electrons. The summed E-state index contributed by atoms with van der Waals surface area (Å²) in [6.45, 7) is 8.11. The SMILES string of the molecule is CCCCCCCCCCCCCCN(c1cccc2ccccc12)C(C)C. The van der Waals surface area contributed by atoms with Crippen LogP contribution in [0.4, 0.5) is 5.69 Å². The lowest BCUT2D eigenvalue weighted by Crippen LogP contribution is -2.31. The van der Waals surface area contributed by atoms with Crippen molar-refractivity contribution in [2.24, 2.45) is 0 Å². The summed E-state index contributed by atoms with van der Waals surface area (Å²) in [5.41, 5.74) is 1.40. The van der Waals surface area contributed by atoms with Gasteiger partial charge in [-0.05, 0) is 31.7 Å². The minimum absolute atomic E-state index is 0.540. The molecule has 0 bridgehead atoms. The maximum atomic E-state index is 2.60. The number of fused-ring (bicyclic) bond motifs is 1. The van der Waals surface area contributed by atoms with E-state index in [1.807, 2.05) is 0 Å². The summed E-state index contributed by atoms with van der Waals surface area (Å²) in [5, 5.41) is 2.73. The Bertz CT molecular complexity index is 640. The zero-order valence-corrected chi connectivity index (χ0v) is 18.8. The first-order valence-corrected chi connectivity index (χ1v) is 12.0. The molecule has 0 saturated carbocycles. The fraction of sp³-hybridized carbons (Fsp3) is 0.630. The first-order chi connectivity index (χ1) is 13.7. The number of anilines is 1. The van der Waals surface area contributed by atoms with Gasteiger partial charge in [-0.25, -0.2) is 0 Å². The topological polar surface area (TPSA) is 3.24 Å². The van der Waals surface area contributed by atoms with E-state index < -0.39 is 0 Å². The van der Waals surface area contributed by atoms with E-state index in [4.69, 9.17) is 0 Å². The lowest BCUT2D eigenvalue weighted by Gasteiger charge is -2.30. The third-order valence-corrected chi connectivity index (χ3v) is 5.95. The maximum absolute atomic E-state index is 2.60. The van der Waals surface area contributed by atoms with Crippen LogP contribution in [0.25, 0.3) is 10.8 Å². The average molecular weight is 382 g/mol. The second kappa shape index (κ2) is 13.6. The Kier molecular flexibility index (Phi) is 11.1. The van der Waals surface area contributed by atoms with Gasteiger partial charge in [-0.15, -0.1) is 0 Å². The summed E-state index contributed by atoms with van der Waals surface area (Å²) in [7, 11) is 0. The molecule has 0 spiro atoms. The molecule has 28 heavy (non-hydrogen) atoms. The van der Waals surface area contributed by atoms with Crippen molar-refractivity contribution in [3.8, 4) is 0 Å². The largest absolute Gasteiger partial charge is 0.369 e. The van der Waals surface area contributed by atoms with E-state index in [1.54, 1.807) is 0 Å². The van der Waals surface area contributed by atoms with Gasteiger partial charge < -0.3 is 4.90 Å². The molecule has 0 unspecified atom stereocenters. The Balaban J connectivity index is 1.65. The molecule has 0 radical (unpaired) electrons. The molecule has 0 aliphatic heterocycles. The van der Waals surface area contributed by atoms with Crippen LogP contribution in [0.3, 0.4) is 0 Å². The molecule has 1 nitrogen and oxygen atoms in total. The number of nitrogens with zero attached hydrogens (tertiary/aromatic N) is 1. The number of unbranched alkanes of at least 4 members (excludes halogenated alkanes) is 11. The van der Waals surface area contributed by atoms with Crippen LogP contribution >= 0.6 is 0 Å². The Morgan fingerprint density at radius 3 is 1.79 bits per heavy atom. The fourth-order valence-electron chi connectivity index (χ4n) is 4.24. The molecule has 0 aromatic heterocycles. The average Bonchev–Trinajstić information content (AvgIpc) is 2.71. The molecule has 0 N–H and O–H groups in total. The van der Waals surface area contributed by atoms with Crippen LogP contribution < -0.4 is 4.90 Å². The van der Waals surface area contributed by atoms with Gasteiger partial charge in [0.2, 0.25) is 0 Å². The summed E-state index contributed by atoms with van der Waals surface area (Å²) in [4.78, 5) is 2.60. The number of rotatable bonds is 15. The Morgan fingerprint density at radius 2 is 1.18 bits per heavy atom. The zero-order valence-electron chi connectivity index (χ0n) is 18.8. The zero-order chi connectivity index (χ0) is 20.0. The third-order valence-electron chi connectivity index (χ3n) is 5.95. The monoisotopic (exact) mass is 381 g/mol. The Hall–Kier alpha value is -1.50. The van der Waals surface area contributed by atoms with E-state index >= 15 is 0 Å². The van der Waals surface area contributed by atoms with E-state index in [2.05, 4.69) is 68.1 Å². The quantitative estimate of drug-likeness (QED) is 0.279. The predicted molar refractivity (Wildman–Crippen MR) is 128 cm³/mol. The first-order valence-electron chi connectivity index (χ1n) is 12.0. The summed E-state index contributed by atoms with van der Waals surface area (Å²) in [6.07, 6.45) is 16.9. The molecule has 2 rings (SSSR count). The molecule has 0 heterocycles. The molecule has 0 atom stereocenters. The van der Waals surface area contributed by atoms with Gasteiger partial charge >= 0.3 is 0 Å². The molecular weight excluding hydrogens is 338 g/mol. The molecule has 0 amide bonds. The second-order valence-electron chi connectivity index (χ2n) is 8.67. The van der Waals surface area contributed by atoms with Gasteiger partial charge in [-0.1, -0.05) is 114 Å². The van der Waals surface area contributed by atoms with Crippen LogP contribution in [0.1, 0.15) is 97.8 Å². The summed E-state index contributed by atoms with van der Waals surface area (Å²) in [6, 6.07) is 16.0. The molecule has 0 fully saturated rings. The highest BCUT2D eigenvalue weighted by atomic mass is 15.1. The minimum Gasteiger partial charge on any atom is -0.369 e. The first kappa shape index (κ1) is 22.8. The van der Waals surface area contributed by atoms with Gasteiger partial charge in [0, 0.05) is 23.7 Å². The van der Waals surface area contributed by atoms with E-state index in [0.29, 0.717) is 6.04 Å². The highest BCUT2D eigenvalue weighted by molar-refractivity contribution is 5.94. The Labute approximate surface area is 174 Å². The standard InChI is InChI=1S/C27H43N/c1-4-5-6-7-8-9-10-11-12-13-14-17-23-28(24(2)3)27-22-18-20-25-19-15-16-21-26(25)27/h15-16,18-22,24H,4-14,17,23H2,1-3H3. The normalized spacial score (nSPS) is 11.4. The molecule has 0 aliphatic rings. The maximum Gasteiger partial charge on any atom is 0.0448 e. The van der Waals surface area contributed by atoms with Crippen molar-refractivity contribution in [2.75, 3.05) is 11.4 Å². The smallest absolute Gasteiger partial charge is 0.0448 e. The highest BCUT2D eigenvalue weighted by Gasteiger charge is 2.12. The highest BCUT2D eigenvalue weighted by Crippen LogP contribution is 2.28. The van der Waals surface area contributed by atoms with Crippen LogP contribution in [0.15, 0.2) is 42.5 Å². The van der Waals surface area contributed by atoms with Crippen molar-refractivity contribution in [2.45, 2.75) is 104 Å². The van der Waals surface area contributed by atoms with E-state index in [0.717, 1.165) is 0 Å². The fourth-order valence-corrected chi connectivity index (χ4v) is 4.24. The van der Waals surface area contributed by atoms with Crippen molar-refractivity contribution in [1.82, 2.24) is 0 Å². The van der Waals surface area contributed by atoms with E-state index in [-0.39, 0.29) is 0 Å². The van der Waals surface area contributed by atoms with Crippen LogP contribution in [0.2, 0.25) is 0 Å². The van der Waals surface area contributed by atoms with Crippen molar-refractivity contribution in [1.29, 1.82) is 0 Å². The van der Waals surface area contributed by atoms with Crippen LogP contribution in [-0.2, 0) is 0 Å². The van der Waals surface area contributed by atoms with Gasteiger partial charge in [0.05, 0.1) is 0 Å². The van der Waals surface area contributed by atoms with Gasteiger partial charge in [0.1, 0.15) is 0 Å². The number of hydrogen-bond acceptors (Lipinski definition) is 1. The van der Waals surface area contributed by atoms with Crippen molar-refractivity contribution in [3.05, 3.63) is 42.5 Å². The lowest BCUT2D eigenvalue weighted by molar-refractivity contribution is 0.539. The number of hydrogen-bond donors (Lipinski definition) is 0. The van der Waals surface area contributed by atoms with E-state index in [1.165, 1.54) is 100 Å². The van der Waals surface area contributed by atoms with E-state index in [9.17, 15) is 0 Å². The predicted octanol–water partition coefficient (Wildman–Crippen LogP) is 8.76. The van der Waals surface area contributed by atoms with Crippen LogP contribution in [-0.4, -0.2) is 12.6 Å². The van der Waals surface area contributed by atoms with Gasteiger partial charge in [-0.3, -0.25) is 0 Å². The Morgan fingerprint density at radius 1 is 0.643 bits per heavy atom. The molecule has 0 saturated heterocycles. The van der Waals surface area contributed by atoms with Crippen LogP contribution in [0, 0.1) is 0 Å². The molecule has 1 heteroatoms. The van der Waals surface area contributed by atoms with Gasteiger partial charge in [0.25, 0.3) is 0 Å². The summed E-state index contributed by atoms with van der Waals surface area (Å²) < 4.78 is 0. The van der Waals surface area contributed by atoms with Crippen molar-refractivity contribution >= 4 is 16.5 Å². The molecule has 2 aromatic carbocycles. The lowest BCUT2D eigenvalue weighted by atomic mass is 10.0. The molecule has 2 aromatic rings. The minimum atomic E-state index is 0.540. The third kappa shape index (κ3) is 7.86. The van der Waals surface area contributed by atoms with Gasteiger partial charge in [0.15, 0.2) is 0 Å². The van der Waals surface area contributed by atoms with Crippen molar-refractivity contribution < 1.29 is 0 Å². The van der Waals surface area contributed by atoms with Crippen molar-refractivity contribution in [3.63, 3.8) is 0 Å². The molecular formula is C27H43N. The van der Waals surface area contributed by atoms with Crippen LogP contribution in [0.5, 0.6) is 0 Å². The second-order valence-corrected chi connectivity index (χ2v) is 8.67. The molecule has 0 aliphatic carbocycles. The number of benzene rings is 2. The summed E-state index contributed by atoms with van der Waals surface area (Å²) >= 11 is 0.